The Bertz CT molecular complexity index is 3600. The predicted molar refractivity (Wildman–Crippen MR) is 296 cm³/mol. The molecule has 0 saturated heterocycles. The van der Waals surface area contributed by atoms with Crippen molar-refractivity contribution in [3.63, 3.8) is 0 Å². The van der Waals surface area contributed by atoms with E-state index >= 15 is 0 Å². The largest absolute Gasteiger partial charge is 1.00 e. The smallest absolute Gasteiger partial charge is 0.390 e. The van der Waals surface area contributed by atoms with Crippen LogP contribution in [0.5, 0.6) is 23.0 Å². The number of pyridine rings is 4. The van der Waals surface area contributed by atoms with Crippen LogP contribution in [-0.4, -0.2) is 19.6 Å². The molecule has 12 nitrogen and oxygen atoms in total. The van der Waals surface area contributed by atoms with Crippen LogP contribution in [0, 0.1) is 5.82 Å². The fraction of sp³-hybridized carbons (Fsp3) is 0.111. The van der Waals surface area contributed by atoms with Crippen molar-refractivity contribution in [2.75, 3.05) is 0 Å². The Hall–Kier alpha value is -5.44. The number of aromatic nitrogens is 4. The first-order chi connectivity index (χ1) is 36.2. The average Bonchev–Trinajstić information content (AvgIpc) is 3.35. The van der Waals surface area contributed by atoms with Gasteiger partial charge in [-0.05, 0) is 82.2 Å². The van der Waals surface area contributed by atoms with Gasteiger partial charge in [-0.25, -0.2) is 4.39 Å². The van der Waals surface area contributed by atoms with Crippen molar-refractivity contribution >= 4 is 41.6 Å². The number of nitrogens with zero attached hydrogens (tertiary/aromatic N) is 4. The summed E-state index contributed by atoms with van der Waals surface area (Å²) in [5.74, 6) is 2.51. The molecule has 0 aliphatic carbocycles. The van der Waals surface area contributed by atoms with E-state index in [4.69, 9.17) is 29.0 Å². The minimum absolute atomic E-state index is 0. The second-order valence-corrected chi connectivity index (χ2v) is 23.9. The van der Waals surface area contributed by atoms with Crippen LogP contribution in [-0.2, 0) is 58.8 Å². The molecule has 0 aliphatic heterocycles. The zero-order valence-electron chi connectivity index (χ0n) is 41.7. The van der Waals surface area contributed by atoms with Crippen molar-refractivity contribution in [1.29, 1.82) is 0 Å². The quantitative estimate of drug-likeness (QED) is 0.0537. The van der Waals surface area contributed by atoms with Crippen molar-refractivity contribution < 1.29 is 173 Å². The maximum absolute atomic E-state index is 13.0. The van der Waals surface area contributed by atoms with Crippen molar-refractivity contribution in [2.24, 2.45) is 0 Å². The van der Waals surface area contributed by atoms with Crippen LogP contribution in [0.25, 0.3) is 44.4 Å². The summed E-state index contributed by atoms with van der Waals surface area (Å²) >= 11 is 0. The Morgan fingerprint density at radius 2 is 0.655 bits per heavy atom. The third-order valence-electron chi connectivity index (χ3n) is 10.1. The third kappa shape index (κ3) is 34.8. The normalized spacial score (nSPS) is 12.2. The Kier molecular flexibility index (Phi) is 31.4. The zero-order chi connectivity index (χ0) is 58.2. The van der Waals surface area contributed by atoms with Gasteiger partial charge in [-0.1, -0.05) is 66.1 Å². The molecule has 0 spiro atoms. The van der Waals surface area contributed by atoms with Crippen LogP contribution < -0.4 is 52.6 Å². The van der Waals surface area contributed by atoms with Gasteiger partial charge in [-0.15, -0.1) is 0 Å². The summed E-state index contributed by atoms with van der Waals surface area (Å²) in [6.07, 6.45) is 13.8. The second-order valence-electron chi connectivity index (χ2n) is 16.8. The molecule has 0 amide bonds. The minimum Gasteiger partial charge on any atom is -1.00 e. The van der Waals surface area contributed by atoms with E-state index < -0.39 is 30.8 Å². The number of halogens is 15. The number of hydrogen-bond acceptors (Lipinski definition) is 4. The maximum atomic E-state index is 13.0. The third-order valence-corrected chi connectivity index (χ3v) is 11.5. The Morgan fingerprint density at radius 3 is 0.977 bits per heavy atom. The summed E-state index contributed by atoms with van der Waals surface area (Å²) in [7, 11) is -29.5. The number of fused-ring (bicyclic) bond motifs is 1. The van der Waals surface area contributed by atoms with E-state index in [1.54, 1.807) is 36.9 Å². The van der Waals surface area contributed by atoms with Crippen molar-refractivity contribution in [2.45, 2.75) is 42.3 Å². The Labute approximate surface area is 529 Å². The number of ether oxygens (including phenoxy) is 2. The first-order valence-electron chi connectivity index (χ1n) is 22.2. The van der Waals surface area contributed by atoms with Crippen LogP contribution in [0.4, 0.5) is 54.8 Å². The first-order valence-corrected chi connectivity index (χ1v) is 29.9. The molecule has 478 valence electrons. The van der Waals surface area contributed by atoms with Crippen LogP contribution in [0.3, 0.4) is 0 Å². The standard InChI is InChI=1S/C27H21N2O4P.C23H18FN2O4P.4CH4.2ClH.2F6P.2V/c30-34(31,32)20-28-16-12-21(13-17-28)22-14-18-29(19-15-22)24-8-10-25(11-9-24)33-27-7-3-5-23-4-1-2-6-26(23)27;24-20-1-5-22(6-2-20)30-23-7-3-21(4-8-23)26-15-11-19(12-16-26)18-9-13-25(14-10-18)17-31(27,28)29;;;;;;;2*1-7(2,3,4,5)6;;/h1-19H,20H2;1-16H,17H2;4*1H4;2*1H;;;;/q;;;;;;;;2*-1;;/p+2. The molecule has 9 aromatic rings. The van der Waals surface area contributed by atoms with Crippen LogP contribution in [0.15, 0.2) is 213 Å². The summed E-state index contributed by atoms with van der Waals surface area (Å²) < 4.78 is 172. The van der Waals surface area contributed by atoms with E-state index in [1.807, 2.05) is 155 Å². The van der Waals surface area contributed by atoms with Gasteiger partial charge in [0.25, 0.3) is 0 Å². The van der Waals surface area contributed by atoms with E-state index in [9.17, 15) is 63.9 Å². The van der Waals surface area contributed by atoms with Gasteiger partial charge in [0.2, 0.25) is 23.9 Å². The van der Waals surface area contributed by atoms with Crippen molar-refractivity contribution in [1.82, 2.24) is 0 Å². The molecule has 9 rings (SSSR count). The van der Waals surface area contributed by atoms with Crippen molar-refractivity contribution in [3.8, 4) is 56.6 Å². The SMILES string of the molecule is C.C.C.C.F[P-](F)(F)(F)(F)F.F[P-](F)(F)(F)(F)F.O=P(O)(O)C[n+]1ccc(-c2cc[n+](-c3ccc(Oc4ccc(F)cc4)cc3)cc2)cc1.O=P(O)(O)C[n+]1ccc(-c2cc[n+](-c3ccc(Oc4cccc5ccccc45)cc3)cc2)cc1.[Cl-].[Cl-].[V].[V]. The van der Waals surface area contributed by atoms with Crippen molar-refractivity contribution in [3.05, 3.63) is 219 Å². The topological polar surface area (TPSA) is 149 Å². The molecule has 0 unspecified atom stereocenters. The molecule has 4 N–H and O–H groups in total. The van der Waals surface area contributed by atoms with Crippen LogP contribution in [0.2, 0.25) is 0 Å². The summed E-state index contributed by atoms with van der Waals surface area (Å²) in [6, 6.07) is 50.8. The molecule has 0 saturated carbocycles. The molecule has 0 fully saturated rings. The summed E-state index contributed by atoms with van der Waals surface area (Å²) in [5, 5.41) is 2.22. The average molecular weight is 1440 g/mol. The fourth-order valence-corrected chi connectivity index (χ4v) is 8.15. The van der Waals surface area contributed by atoms with E-state index in [-0.39, 0.29) is 110 Å². The maximum Gasteiger partial charge on any atom is 0.390 e. The second kappa shape index (κ2) is 31.8. The van der Waals surface area contributed by atoms with Gasteiger partial charge >= 0.3 is 81.2 Å². The summed E-state index contributed by atoms with van der Waals surface area (Å²) in [4.78, 5) is 36.3. The Balaban J connectivity index is -0.00000124. The van der Waals surface area contributed by atoms with Gasteiger partial charge < -0.3 is 53.9 Å². The van der Waals surface area contributed by atoms with Gasteiger partial charge in [-0.2, -0.15) is 18.3 Å². The first kappa shape index (κ1) is 85.8. The number of hydrogen-bond donors (Lipinski definition) is 4. The molecular formula is C54H59Cl2F13N4O8P4V2. The predicted octanol–water partition coefficient (Wildman–Crippen LogP) is 12.3. The molecule has 33 heteroatoms. The van der Waals surface area contributed by atoms with E-state index in [2.05, 4.69) is 18.2 Å². The summed E-state index contributed by atoms with van der Waals surface area (Å²) in [6.45, 7) is 0. The molecule has 0 aliphatic rings. The fourth-order valence-electron chi connectivity index (χ4n) is 6.92. The molecule has 0 atom stereocenters. The molecule has 87 heavy (non-hydrogen) atoms. The van der Waals surface area contributed by atoms with E-state index in [0.717, 1.165) is 55.9 Å². The molecular weight excluding hydrogens is 1380 g/mol. The zero-order valence-corrected chi connectivity index (χ0v) is 49.6. The molecule has 4 aromatic heterocycles. The molecule has 5 aromatic carbocycles. The van der Waals surface area contributed by atoms with Gasteiger partial charge in [0.15, 0.2) is 49.6 Å². The molecule has 0 bridgehead atoms. The van der Waals surface area contributed by atoms with E-state index in [0.29, 0.717) is 11.5 Å². The van der Waals surface area contributed by atoms with Crippen LogP contribution >= 0.6 is 30.8 Å². The monoisotopic (exact) mass is 1430 g/mol. The minimum atomic E-state index is -10.7. The molecule has 2 radical (unpaired) electrons. The van der Waals surface area contributed by atoms with Gasteiger partial charge in [0.1, 0.15) is 28.8 Å². The Morgan fingerprint density at radius 1 is 0.379 bits per heavy atom. The van der Waals surface area contributed by atoms with Gasteiger partial charge in [0.05, 0.1) is 0 Å². The van der Waals surface area contributed by atoms with E-state index in [1.165, 1.54) is 21.3 Å². The number of rotatable bonds is 12. The van der Waals surface area contributed by atoms with Gasteiger partial charge in [-0.3, -0.25) is 9.13 Å². The number of benzene rings is 5. The molecule has 4 heterocycles. The van der Waals surface area contributed by atoms with Gasteiger partial charge in [0, 0.05) is 115 Å². The van der Waals surface area contributed by atoms with Crippen LogP contribution in [0.1, 0.15) is 29.7 Å². The summed E-state index contributed by atoms with van der Waals surface area (Å²) in [5.41, 5.74) is 5.85.